The lowest BCUT2D eigenvalue weighted by Gasteiger charge is -2.28. The van der Waals surface area contributed by atoms with Gasteiger partial charge in [0.25, 0.3) is 0 Å². The summed E-state index contributed by atoms with van der Waals surface area (Å²) in [6.45, 7) is 2.71. The number of hydrogen-bond donors (Lipinski definition) is 0. The van der Waals surface area contributed by atoms with Gasteiger partial charge in [-0.1, -0.05) is 48.5 Å². The van der Waals surface area contributed by atoms with Crippen molar-refractivity contribution in [3.05, 3.63) is 95.9 Å². The molecule has 0 amide bonds. The zero-order valence-corrected chi connectivity index (χ0v) is 17.5. The molecule has 5 rings (SSSR count). The van der Waals surface area contributed by atoms with Crippen LogP contribution in [0.15, 0.2) is 79.1 Å². The molecule has 0 unspecified atom stereocenters. The Hall–Kier alpha value is -3.57. The van der Waals surface area contributed by atoms with E-state index in [1.807, 2.05) is 48.8 Å². The van der Waals surface area contributed by atoms with Crippen LogP contribution in [0.4, 0.5) is 0 Å². The minimum Gasteiger partial charge on any atom is -0.497 e. The van der Waals surface area contributed by atoms with Crippen LogP contribution < -0.4 is 4.74 Å². The van der Waals surface area contributed by atoms with E-state index in [0.29, 0.717) is 0 Å². The lowest BCUT2D eigenvalue weighted by Crippen LogP contribution is -2.31. The van der Waals surface area contributed by atoms with Crippen molar-refractivity contribution in [2.75, 3.05) is 13.7 Å². The first-order chi connectivity index (χ1) is 15.3. The standard InChI is InChI=1S/C26H24N4O/c1-31-23-9-5-8-21(14-23)24-11-10-19(15-27-24)17-30-13-12-25-22(18-30)16-28-26(29-25)20-6-3-2-4-7-20/h2-11,14-16H,12-13,17-18H2,1H3. The molecule has 31 heavy (non-hydrogen) atoms. The molecular formula is C26H24N4O. The summed E-state index contributed by atoms with van der Waals surface area (Å²) >= 11 is 0. The molecule has 0 aliphatic carbocycles. The van der Waals surface area contributed by atoms with E-state index in [-0.39, 0.29) is 0 Å². The van der Waals surface area contributed by atoms with Gasteiger partial charge in [-0.05, 0) is 23.8 Å². The predicted octanol–water partition coefficient (Wildman–Crippen LogP) is 4.77. The van der Waals surface area contributed by atoms with Gasteiger partial charge >= 0.3 is 0 Å². The van der Waals surface area contributed by atoms with Gasteiger partial charge in [-0.15, -0.1) is 0 Å². The fraction of sp³-hybridized carbons (Fsp3) is 0.192. The van der Waals surface area contributed by atoms with E-state index in [9.17, 15) is 0 Å². The summed E-state index contributed by atoms with van der Waals surface area (Å²) in [5, 5.41) is 0. The van der Waals surface area contributed by atoms with Crippen LogP contribution in [0, 0.1) is 0 Å². The summed E-state index contributed by atoms with van der Waals surface area (Å²) in [7, 11) is 1.68. The molecular weight excluding hydrogens is 384 g/mol. The van der Waals surface area contributed by atoms with Crippen LogP contribution in [0.1, 0.15) is 16.8 Å². The molecule has 0 bridgehead atoms. The van der Waals surface area contributed by atoms with Crippen LogP contribution in [0.5, 0.6) is 5.75 Å². The van der Waals surface area contributed by atoms with Crippen molar-refractivity contribution in [2.45, 2.75) is 19.5 Å². The average molecular weight is 409 g/mol. The zero-order valence-electron chi connectivity index (χ0n) is 17.5. The van der Waals surface area contributed by atoms with Crippen LogP contribution >= 0.6 is 0 Å². The molecule has 5 heteroatoms. The normalized spacial score (nSPS) is 13.6. The quantitative estimate of drug-likeness (QED) is 0.476. The number of pyridine rings is 1. The van der Waals surface area contributed by atoms with E-state index in [2.05, 4.69) is 45.2 Å². The molecule has 3 heterocycles. The van der Waals surface area contributed by atoms with Crippen LogP contribution in [0.2, 0.25) is 0 Å². The first kappa shape index (κ1) is 19.4. The minimum atomic E-state index is 0.810. The second-order valence-electron chi connectivity index (χ2n) is 7.78. The molecule has 0 fully saturated rings. The number of benzene rings is 2. The molecule has 5 nitrogen and oxygen atoms in total. The Bertz CT molecular complexity index is 1180. The first-order valence-corrected chi connectivity index (χ1v) is 10.5. The Morgan fingerprint density at radius 2 is 1.77 bits per heavy atom. The number of rotatable bonds is 5. The fourth-order valence-corrected chi connectivity index (χ4v) is 3.97. The molecule has 0 saturated heterocycles. The Labute approximate surface area is 182 Å². The molecule has 2 aromatic heterocycles. The molecule has 2 aromatic carbocycles. The summed E-state index contributed by atoms with van der Waals surface area (Å²) < 4.78 is 5.32. The summed E-state index contributed by atoms with van der Waals surface area (Å²) in [6, 6.07) is 22.4. The smallest absolute Gasteiger partial charge is 0.159 e. The molecule has 0 N–H and O–H groups in total. The van der Waals surface area contributed by atoms with Gasteiger partial charge in [0.2, 0.25) is 0 Å². The maximum atomic E-state index is 5.32. The van der Waals surface area contributed by atoms with Gasteiger partial charge in [0.05, 0.1) is 18.5 Å². The van der Waals surface area contributed by atoms with Gasteiger partial charge in [0.1, 0.15) is 5.75 Å². The van der Waals surface area contributed by atoms with Crippen molar-refractivity contribution in [3.63, 3.8) is 0 Å². The van der Waals surface area contributed by atoms with Gasteiger partial charge in [0.15, 0.2) is 5.82 Å². The molecule has 0 saturated carbocycles. The van der Waals surface area contributed by atoms with E-state index in [0.717, 1.165) is 60.1 Å². The maximum absolute atomic E-state index is 5.32. The Balaban J connectivity index is 1.27. The van der Waals surface area contributed by atoms with Gasteiger partial charge in [-0.3, -0.25) is 9.88 Å². The van der Waals surface area contributed by atoms with E-state index < -0.39 is 0 Å². The topological polar surface area (TPSA) is 51.1 Å². The van der Waals surface area contributed by atoms with Crippen LogP contribution in [0.3, 0.4) is 0 Å². The third-order valence-electron chi connectivity index (χ3n) is 5.64. The number of fused-ring (bicyclic) bond motifs is 1. The summed E-state index contributed by atoms with van der Waals surface area (Å²) in [6.07, 6.45) is 4.90. The van der Waals surface area contributed by atoms with Crippen molar-refractivity contribution in [1.82, 2.24) is 19.9 Å². The molecule has 1 aliphatic rings. The third kappa shape index (κ3) is 4.32. The van der Waals surface area contributed by atoms with E-state index >= 15 is 0 Å². The largest absolute Gasteiger partial charge is 0.497 e. The molecule has 0 radical (unpaired) electrons. The second kappa shape index (κ2) is 8.66. The number of aromatic nitrogens is 3. The molecule has 4 aromatic rings. The first-order valence-electron chi connectivity index (χ1n) is 10.5. The SMILES string of the molecule is COc1cccc(-c2ccc(CN3CCc4nc(-c5ccccc5)ncc4C3)cn2)c1. The van der Waals surface area contributed by atoms with Crippen molar-refractivity contribution in [3.8, 4) is 28.4 Å². The summed E-state index contributed by atoms with van der Waals surface area (Å²) in [5.41, 5.74) is 6.66. The minimum absolute atomic E-state index is 0.810. The monoisotopic (exact) mass is 408 g/mol. The van der Waals surface area contributed by atoms with E-state index in [1.54, 1.807) is 7.11 Å². The number of ether oxygens (including phenoxy) is 1. The van der Waals surface area contributed by atoms with Crippen LogP contribution in [-0.2, 0) is 19.5 Å². The van der Waals surface area contributed by atoms with Crippen LogP contribution in [-0.4, -0.2) is 33.5 Å². The molecule has 1 aliphatic heterocycles. The van der Waals surface area contributed by atoms with Crippen LogP contribution in [0.25, 0.3) is 22.6 Å². The Kier molecular flexibility index (Phi) is 5.42. The van der Waals surface area contributed by atoms with Crippen molar-refractivity contribution >= 4 is 0 Å². The molecule has 0 spiro atoms. The van der Waals surface area contributed by atoms with E-state index in [1.165, 1.54) is 11.1 Å². The number of methoxy groups -OCH3 is 1. The predicted molar refractivity (Wildman–Crippen MR) is 122 cm³/mol. The number of hydrogen-bond acceptors (Lipinski definition) is 5. The van der Waals surface area contributed by atoms with Gasteiger partial charge in [-0.2, -0.15) is 0 Å². The summed E-state index contributed by atoms with van der Waals surface area (Å²) in [4.78, 5) is 16.5. The molecule has 154 valence electrons. The highest BCUT2D eigenvalue weighted by Gasteiger charge is 2.19. The summed E-state index contributed by atoms with van der Waals surface area (Å²) in [5.74, 6) is 1.65. The highest BCUT2D eigenvalue weighted by Crippen LogP contribution is 2.24. The van der Waals surface area contributed by atoms with E-state index in [4.69, 9.17) is 9.72 Å². The third-order valence-corrected chi connectivity index (χ3v) is 5.64. The van der Waals surface area contributed by atoms with Crippen molar-refractivity contribution in [1.29, 1.82) is 0 Å². The lowest BCUT2D eigenvalue weighted by molar-refractivity contribution is 0.242. The fourth-order valence-electron chi connectivity index (χ4n) is 3.97. The van der Waals surface area contributed by atoms with Gasteiger partial charge in [0, 0.05) is 55.1 Å². The van der Waals surface area contributed by atoms with Gasteiger partial charge < -0.3 is 4.74 Å². The van der Waals surface area contributed by atoms with Crippen molar-refractivity contribution < 1.29 is 4.74 Å². The lowest BCUT2D eigenvalue weighted by atomic mass is 10.1. The van der Waals surface area contributed by atoms with Crippen molar-refractivity contribution in [2.24, 2.45) is 0 Å². The highest BCUT2D eigenvalue weighted by molar-refractivity contribution is 5.61. The molecule has 0 atom stereocenters. The zero-order chi connectivity index (χ0) is 21.0. The average Bonchev–Trinajstić information content (AvgIpc) is 2.85. The number of nitrogens with zero attached hydrogens (tertiary/aromatic N) is 4. The Morgan fingerprint density at radius 3 is 2.58 bits per heavy atom. The second-order valence-corrected chi connectivity index (χ2v) is 7.78. The highest BCUT2D eigenvalue weighted by atomic mass is 16.5. The Morgan fingerprint density at radius 1 is 0.903 bits per heavy atom. The van der Waals surface area contributed by atoms with Gasteiger partial charge in [-0.25, -0.2) is 9.97 Å². The maximum Gasteiger partial charge on any atom is 0.159 e.